The topological polar surface area (TPSA) is 29.5 Å². The van der Waals surface area contributed by atoms with E-state index in [-0.39, 0.29) is 6.61 Å². The molecule has 1 N–H and O–H groups in total. The number of aliphatic hydroxyl groups is 1. The summed E-state index contributed by atoms with van der Waals surface area (Å²) in [5, 5.41) is 9.04. The van der Waals surface area contributed by atoms with Crippen LogP contribution in [0.25, 0.3) is 0 Å². The molecular weight excluding hydrogens is 232 g/mol. The SMILES string of the molecule is CCCOc1c(Br)cccc1CO. The Morgan fingerprint density at radius 3 is 2.85 bits per heavy atom. The van der Waals surface area contributed by atoms with E-state index >= 15 is 0 Å². The summed E-state index contributed by atoms with van der Waals surface area (Å²) in [4.78, 5) is 0. The van der Waals surface area contributed by atoms with Gasteiger partial charge in [-0.05, 0) is 28.4 Å². The normalized spacial score (nSPS) is 10.1. The average Bonchev–Trinajstić information content (AvgIpc) is 2.15. The minimum Gasteiger partial charge on any atom is -0.492 e. The Labute approximate surface area is 86.7 Å². The van der Waals surface area contributed by atoms with Crippen molar-refractivity contribution >= 4 is 15.9 Å². The molecule has 0 spiro atoms. The van der Waals surface area contributed by atoms with Gasteiger partial charge in [-0.1, -0.05) is 19.1 Å². The van der Waals surface area contributed by atoms with E-state index in [1.165, 1.54) is 0 Å². The van der Waals surface area contributed by atoms with Crippen molar-refractivity contribution in [3.63, 3.8) is 0 Å². The lowest BCUT2D eigenvalue weighted by Gasteiger charge is -2.10. The van der Waals surface area contributed by atoms with Crippen LogP contribution in [0.4, 0.5) is 0 Å². The summed E-state index contributed by atoms with van der Waals surface area (Å²) in [6, 6.07) is 5.65. The van der Waals surface area contributed by atoms with Crippen molar-refractivity contribution in [2.75, 3.05) is 6.61 Å². The van der Waals surface area contributed by atoms with E-state index in [1.54, 1.807) is 0 Å². The number of ether oxygens (including phenoxy) is 1. The van der Waals surface area contributed by atoms with Crippen LogP contribution in [0.5, 0.6) is 5.75 Å². The van der Waals surface area contributed by atoms with Crippen molar-refractivity contribution in [1.29, 1.82) is 0 Å². The Morgan fingerprint density at radius 1 is 1.46 bits per heavy atom. The van der Waals surface area contributed by atoms with Crippen molar-refractivity contribution < 1.29 is 9.84 Å². The molecule has 0 atom stereocenters. The van der Waals surface area contributed by atoms with Gasteiger partial charge >= 0.3 is 0 Å². The highest BCUT2D eigenvalue weighted by molar-refractivity contribution is 9.10. The molecule has 3 heteroatoms. The van der Waals surface area contributed by atoms with Gasteiger partial charge in [0.2, 0.25) is 0 Å². The summed E-state index contributed by atoms with van der Waals surface area (Å²) in [5.41, 5.74) is 0.822. The zero-order valence-electron chi connectivity index (χ0n) is 7.59. The molecule has 1 aromatic rings. The summed E-state index contributed by atoms with van der Waals surface area (Å²) in [6.07, 6.45) is 0.964. The predicted molar refractivity (Wildman–Crippen MR) is 55.9 cm³/mol. The third kappa shape index (κ3) is 2.71. The first-order valence-corrected chi connectivity index (χ1v) is 5.10. The second kappa shape index (κ2) is 5.25. The van der Waals surface area contributed by atoms with Gasteiger partial charge in [0, 0.05) is 5.56 Å². The van der Waals surface area contributed by atoms with E-state index in [4.69, 9.17) is 9.84 Å². The van der Waals surface area contributed by atoms with Gasteiger partial charge in [-0.2, -0.15) is 0 Å². The zero-order chi connectivity index (χ0) is 9.68. The Hall–Kier alpha value is -0.540. The average molecular weight is 245 g/mol. The van der Waals surface area contributed by atoms with Gasteiger partial charge in [-0.3, -0.25) is 0 Å². The molecule has 13 heavy (non-hydrogen) atoms. The monoisotopic (exact) mass is 244 g/mol. The molecule has 72 valence electrons. The highest BCUT2D eigenvalue weighted by atomic mass is 79.9. The van der Waals surface area contributed by atoms with Crippen LogP contribution in [-0.4, -0.2) is 11.7 Å². The van der Waals surface area contributed by atoms with Crippen LogP contribution in [-0.2, 0) is 6.61 Å². The Kier molecular flexibility index (Phi) is 4.25. The molecule has 0 aliphatic carbocycles. The maximum Gasteiger partial charge on any atom is 0.138 e. The third-order valence-corrected chi connectivity index (χ3v) is 2.29. The molecule has 0 amide bonds. The zero-order valence-corrected chi connectivity index (χ0v) is 9.17. The maximum atomic E-state index is 9.04. The summed E-state index contributed by atoms with van der Waals surface area (Å²) in [7, 11) is 0. The highest BCUT2D eigenvalue weighted by Gasteiger charge is 2.05. The van der Waals surface area contributed by atoms with Gasteiger partial charge in [-0.25, -0.2) is 0 Å². The first kappa shape index (κ1) is 10.5. The van der Waals surface area contributed by atoms with Crippen LogP contribution in [0.1, 0.15) is 18.9 Å². The van der Waals surface area contributed by atoms with Crippen molar-refractivity contribution in [3.05, 3.63) is 28.2 Å². The largest absolute Gasteiger partial charge is 0.492 e. The summed E-state index contributed by atoms with van der Waals surface area (Å²) < 4.78 is 6.40. The fraction of sp³-hybridized carbons (Fsp3) is 0.400. The Bertz CT molecular complexity index is 274. The first-order chi connectivity index (χ1) is 6.29. The number of aliphatic hydroxyl groups excluding tert-OH is 1. The molecule has 0 aliphatic heterocycles. The van der Waals surface area contributed by atoms with E-state index in [0.717, 1.165) is 22.2 Å². The minimum atomic E-state index is 0.0124. The smallest absolute Gasteiger partial charge is 0.138 e. The number of halogens is 1. The molecule has 0 radical (unpaired) electrons. The van der Waals surface area contributed by atoms with Gasteiger partial charge in [0.05, 0.1) is 17.7 Å². The lowest BCUT2D eigenvalue weighted by atomic mass is 10.2. The number of benzene rings is 1. The molecule has 0 fully saturated rings. The second-order valence-electron chi connectivity index (χ2n) is 2.73. The molecule has 0 saturated heterocycles. The summed E-state index contributed by atoms with van der Waals surface area (Å²) in [5.74, 6) is 0.756. The van der Waals surface area contributed by atoms with Crippen LogP contribution in [0.15, 0.2) is 22.7 Å². The van der Waals surface area contributed by atoms with Gasteiger partial charge in [-0.15, -0.1) is 0 Å². The first-order valence-electron chi connectivity index (χ1n) is 4.30. The Morgan fingerprint density at radius 2 is 2.23 bits per heavy atom. The lowest BCUT2D eigenvalue weighted by molar-refractivity contribution is 0.262. The van der Waals surface area contributed by atoms with Gasteiger partial charge < -0.3 is 9.84 Å². The number of hydrogen-bond acceptors (Lipinski definition) is 2. The molecule has 0 unspecified atom stereocenters. The molecule has 1 aromatic carbocycles. The molecule has 0 heterocycles. The quantitative estimate of drug-likeness (QED) is 0.883. The molecule has 1 rings (SSSR count). The van der Waals surface area contributed by atoms with Gasteiger partial charge in [0.25, 0.3) is 0 Å². The van der Waals surface area contributed by atoms with E-state index in [2.05, 4.69) is 22.9 Å². The van der Waals surface area contributed by atoms with Crippen LogP contribution < -0.4 is 4.74 Å². The minimum absolute atomic E-state index is 0.0124. The fourth-order valence-corrected chi connectivity index (χ4v) is 1.57. The van der Waals surface area contributed by atoms with E-state index in [0.29, 0.717) is 6.61 Å². The third-order valence-electron chi connectivity index (χ3n) is 1.67. The van der Waals surface area contributed by atoms with Crippen LogP contribution in [0.3, 0.4) is 0 Å². The molecule has 0 aliphatic rings. The van der Waals surface area contributed by atoms with E-state index in [1.807, 2.05) is 18.2 Å². The second-order valence-corrected chi connectivity index (χ2v) is 3.59. The number of rotatable bonds is 4. The van der Waals surface area contributed by atoms with Crippen molar-refractivity contribution in [2.45, 2.75) is 20.0 Å². The van der Waals surface area contributed by atoms with E-state index < -0.39 is 0 Å². The molecule has 2 nitrogen and oxygen atoms in total. The van der Waals surface area contributed by atoms with Crippen molar-refractivity contribution in [1.82, 2.24) is 0 Å². The standard InChI is InChI=1S/C10H13BrO2/c1-2-6-13-10-8(7-12)4-3-5-9(10)11/h3-5,12H,2,6-7H2,1H3. The lowest BCUT2D eigenvalue weighted by Crippen LogP contribution is -1.99. The molecular formula is C10H13BrO2. The summed E-state index contributed by atoms with van der Waals surface area (Å²) in [6.45, 7) is 2.74. The number of para-hydroxylation sites is 1. The highest BCUT2D eigenvalue weighted by Crippen LogP contribution is 2.29. The van der Waals surface area contributed by atoms with Crippen LogP contribution >= 0.6 is 15.9 Å². The van der Waals surface area contributed by atoms with E-state index in [9.17, 15) is 0 Å². The molecule has 0 saturated carbocycles. The summed E-state index contributed by atoms with van der Waals surface area (Å²) >= 11 is 3.38. The molecule has 0 aromatic heterocycles. The Balaban J connectivity index is 2.87. The van der Waals surface area contributed by atoms with Gasteiger partial charge in [0.1, 0.15) is 5.75 Å². The predicted octanol–water partition coefficient (Wildman–Crippen LogP) is 2.73. The van der Waals surface area contributed by atoms with Gasteiger partial charge in [0.15, 0.2) is 0 Å². The van der Waals surface area contributed by atoms with Crippen molar-refractivity contribution in [3.8, 4) is 5.75 Å². The fourth-order valence-electron chi connectivity index (χ4n) is 1.04. The molecule has 0 bridgehead atoms. The number of hydrogen-bond donors (Lipinski definition) is 1. The van der Waals surface area contributed by atoms with Crippen LogP contribution in [0, 0.1) is 0 Å². The maximum absolute atomic E-state index is 9.04. The van der Waals surface area contributed by atoms with Crippen molar-refractivity contribution in [2.24, 2.45) is 0 Å². The van der Waals surface area contributed by atoms with Crippen LogP contribution in [0.2, 0.25) is 0 Å².